The molecule has 0 saturated heterocycles. The first-order valence-corrected chi connectivity index (χ1v) is 9.89. The number of aromatic nitrogens is 1. The lowest BCUT2D eigenvalue weighted by Crippen LogP contribution is -2.38. The largest absolute Gasteiger partial charge is 0.394 e. The molecule has 0 spiro atoms. The lowest BCUT2D eigenvalue weighted by atomic mass is 10.0. The van der Waals surface area contributed by atoms with E-state index in [0.29, 0.717) is 22.8 Å². The van der Waals surface area contributed by atoms with Crippen LogP contribution in [0.15, 0.2) is 54.5 Å². The first-order chi connectivity index (χ1) is 13.9. The van der Waals surface area contributed by atoms with Crippen molar-refractivity contribution >= 4 is 17.3 Å². The Morgan fingerprint density at radius 2 is 2.00 bits per heavy atom. The molecule has 1 aliphatic heterocycles. The van der Waals surface area contributed by atoms with E-state index in [0.717, 1.165) is 16.9 Å². The molecule has 5 nitrogen and oxygen atoms in total. The quantitative estimate of drug-likeness (QED) is 0.631. The Kier molecular flexibility index (Phi) is 6.90. The lowest BCUT2D eigenvalue weighted by Gasteiger charge is -2.29. The van der Waals surface area contributed by atoms with Crippen molar-refractivity contribution in [1.82, 2.24) is 9.88 Å². The summed E-state index contributed by atoms with van der Waals surface area (Å²) in [5, 5.41) is 22.5. The highest BCUT2D eigenvalue weighted by Gasteiger charge is 2.17. The van der Waals surface area contributed by atoms with Gasteiger partial charge in [-0.25, -0.2) is 4.39 Å². The number of benzene rings is 1. The molecule has 2 aromatic rings. The molecule has 3 N–H and O–H groups in total. The number of nitrogens with one attached hydrogen (secondary N) is 1. The van der Waals surface area contributed by atoms with Gasteiger partial charge in [-0.3, -0.25) is 4.98 Å². The fourth-order valence-corrected chi connectivity index (χ4v) is 3.34. The Labute approximate surface area is 175 Å². The van der Waals surface area contributed by atoms with Gasteiger partial charge in [-0.15, -0.1) is 0 Å². The van der Waals surface area contributed by atoms with Gasteiger partial charge >= 0.3 is 0 Å². The summed E-state index contributed by atoms with van der Waals surface area (Å²) >= 11 is 6.04. The lowest BCUT2D eigenvalue weighted by molar-refractivity contribution is 0.111. The second kappa shape index (κ2) is 9.39. The summed E-state index contributed by atoms with van der Waals surface area (Å²) < 4.78 is 14.3. The number of hydrogen-bond donors (Lipinski definition) is 3. The van der Waals surface area contributed by atoms with E-state index in [-0.39, 0.29) is 31.0 Å². The zero-order valence-corrected chi connectivity index (χ0v) is 17.2. The number of aliphatic hydroxyl groups is 2. The minimum atomic E-state index is -0.378. The monoisotopic (exact) mass is 417 g/mol. The number of nitrogens with zero attached hydrogens (tertiary/aromatic N) is 2. The molecular formula is C22H25ClFN3O2. The van der Waals surface area contributed by atoms with Crippen LogP contribution in [-0.2, 0) is 0 Å². The van der Waals surface area contributed by atoms with Crippen LogP contribution in [0.25, 0.3) is 11.3 Å². The van der Waals surface area contributed by atoms with Crippen molar-refractivity contribution in [3.63, 3.8) is 0 Å². The molecule has 0 aliphatic carbocycles. The highest BCUT2D eigenvalue weighted by atomic mass is 35.5. The van der Waals surface area contributed by atoms with Crippen LogP contribution in [0.3, 0.4) is 0 Å². The van der Waals surface area contributed by atoms with Gasteiger partial charge in [0, 0.05) is 40.9 Å². The molecule has 1 aromatic heterocycles. The second-order valence-corrected chi connectivity index (χ2v) is 7.69. The van der Waals surface area contributed by atoms with Crippen LogP contribution in [-0.4, -0.2) is 45.9 Å². The highest BCUT2D eigenvalue weighted by Crippen LogP contribution is 2.31. The number of hydrogen-bond acceptors (Lipinski definition) is 5. The minimum absolute atomic E-state index is 0.117. The molecule has 0 amide bonds. The Morgan fingerprint density at radius 1 is 1.24 bits per heavy atom. The van der Waals surface area contributed by atoms with E-state index in [1.165, 1.54) is 12.1 Å². The molecule has 1 aromatic carbocycles. The predicted molar refractivity (Wildman–Crippen MR) is 114 cm³/mol. The number of pyridine rings is 1. The van der Waals surface area contributed by atoms with Crippen LogP contribution < -0.4 is 5.32 Å². The van der Waals surface area contributed by atoms with Gasteiger partial charge in [0.25, 0.3) is 0 Å². The summed E-state index contributed by atoms with van der Waals surface area (Å²) in [7, 11) is 0. The summed E-state index contributed by atoms with van der Waals surface area (Å²) in [6.07, 6.45) is 7.46. The summed E-state index contributed by atoms with van der Waals surface area (Å²) in [5.74, 6) is -0.155. The summed E-state index contributed by atoms with van der Waals surface area (Å²) in [4.78, 5) is 6.31. The third-order valence-electron chi connectivity index (χ3n) is 4.90. The molecule has 0 radical (unpaired) electrons. The third-order valence-corrected chi connectivity index (χ3v) is 5.13. The molecule has 0 unspecified atom stereocenters. The van der Waals surface area contributed by atoms with Crippen LogP contribution in [0, 0.1) is 5.82 Å². The predicted octanol–water partition coefficient (Wildman–Crippen LogP) is 4.14. The first-order valence-electron chi connectivity index (χ1n) is 9.51. The zero-order valence-electron chi connectivity index (χ0n) is 16.4. The van der Waals surface area contributed by atoms with E-state index < -0.39 is 0 Å². The number of rotatable bonds is 7. The van der Waals surface area contributed by atoms with Gasteiger partial charge in [0.15, 0.2) is 0 Å². The molecule has 0 fully saturated rings. The van der Waals surface area contributed by atoms with Gasteiger partial charge in [-0.05, 0) is 47.9 Å². The van der Waals surface area contributed by atoms with Crippen LogP contribution in [0.1, 0.15) is 25.3 Å². The van der Waals surface area contributed by atoms with E-state index in [4.69, 9.17) is 11.6 Å². The molecule has 0 atom stereocenters. The van der Waals surface area contributed by atoms with Gasteiger partial charge in [0.05, 0.1) is 24.9 Å². The molecule has 1 aliphatic rings. The van der Waals surface area contributed by atoms with Crippen LogP contribution in [0.2, 0.25) is 5.02 Å². The molecule has 7 heteroatoms. The Hall–Kier alpha value is -2.41. The van der Waals surface area contributed by atoms with Crippen molar-refractivity contribution < 1.29 is 14.6 Å². The molecule has 0 saturated carbocycles. The highest BCUT2D eigenvalue weighted by molar-refractivity contribution is 6.30. The smallest absolute Gasteiger partial charge is 0.132 e. The average molecular weight is 418 g/mol. The van der Waals surface area contributed by atoms with E-state index in [9.17, 15) is 14.6 Å². The second-order valence-electron chi connectivity index (χ2n) is 7.25. The maximum Gasteiger partial charge on any atom is 0.132 e. The fourth-order valence-electron chi connectivity index (χ4n) is 3.17. The third kappa shape index (κ3) is 4.96. The fraction of sp³-hybridized carbons (Fsp3) is 0.318. The van der Waals surface area contributed by atoms with E-state index in [1.54, 1.807) is 12.3 Å². The Bertz CT molecular complexity index is 926. The van der Waals surface area contributed by atoms with Gasteiger partial charge in [0.1, 0.15) is 5.82 Å². The molecular weight excluding hydrogens is 393 g/mol. The number of aliphatic hydroxyl groups excluding tert-OH is 2. The molecule has 3 rings (SSSR count). The van der Waals surface area contributed by atoms with Crippen molar-refractivity contribution in [1.29, 1.82) is 0 Å². The number of anilines is 1. The summed E-state index contributed by atoms with van der Waals surface area (Å²) in [6, 6.07) is 5.92. The molecule has 0 bridgehead atoms. The van der Waals surface area contributed by atoms with E-state index in [2.05, 4.69) is 24.1 Å². The van der Waals surface area contributed by atoms with Crippen LogP contribution in [0.5, 0.6) is 0 Å². The maximum absolute atomic E-state index is 14.3. The first kappa shape index (κ1) is 21.3. The van der Waals surface area contributed by atoms with Gasteiger partial charge in [-0.1, -0.05) is 25.4 Å². The molecule has 154 valence electrons. The summed E-state index contributed by atoms with van der Waals surface area (Å²) in [5.41, 5.74) is 3.58. The number of allylic oxidation sites excluding steroid dienone is 1. The Morgan fingerprint density at radius 3 is 2.62 bits per heavy atom. The minimum Gasteiger partial charge on any atom is -0.394 e. The maximum atomic E-state index is 14.3. The van der Waals surface area contributed by atoms with E-state index in [1.807, 2.05) is 29.3 Å². The normalized spacial score (nSPS) is 13.9. The zero-order chi connectivity index (χ0) is 21.0. The van der Waals surface area contributed by atoms with Crippen LogP contribution in [0.4, 0.5) is 10.1 Å². The average Bonchev–Trinajstić information content (AvgIpc) is 2.71. The van der Waals surface area contributed by atoms with Crippen molar-refractivity contribution in [3.8, 4) is 11.3 Å². The van der Waals surface area contributed by atoms with E-state index >= 15 is 0 Å². The van der Waals surface area contributed by atoms with Crippen molar-refractivity contribution in [3.05, 3.63) is 70.9 Å². The SMILES string of the molecule is CC(C)c1cnc(-c2cc(Cl)ccc2F)cc1NC1=CCN(C(CO)CO)C=C1. The standard InChI is InChI=1S/C22H25ClFN3O2/c1-14(2)19-11-25-21(18-9-15(23)3-4-20(18)24)10-22(19)26-16-5-7-27(8-6-16)17(12-28)13-29/h3-7,9-11,14,17,28-29H,8,12-13H2,1-2H3,(H,25,26). The molecule has 2 heterocycles. The van der Waals surface area contributed by atoms with Gasteiger partial charge in [0.2, 0.25) is 0 Å². The Balaban J connectivity index is 1.88. The van der Waals surface area contributed by atoms with Crippen LogP contribution >= 0.6 is 11.6 Å². The molecule has 29 heavy (non-hydrogen) atoms. The van der Waals surface area contributed by atoms with Crippen molar-refractivity contribution in [2.45, 2.75) is 25.8 Å². The van der Waals surface area contributed by atoms with Crippen molar-refractivity contribution in [2.24, 2.45) is 0 Å². The number of halogens is 2. The van der Waals surface area contributed by atoms with Gasteiger partial charge < -0.3 is 20.4 Å². The topological polar surface area (TPSA) is 68.6 Å². The van der Waals surface area contributed by atoms with Gasteiger partial charge in [-0.2, -0.15) is 0 Å². The summed E-state index contributed by atoms with van der Waals surface area (Å²) in [6.45, 7) is 4.47. The van der Waals surface area contributed by atoms with Crippen molar-refractivity contribution in [2.75, 3.05) is 25.1 Å².